The fourth-order valence-corrected chi connectivity index (χ4v) is 1.72. The molecule has 0 aliphatic carbocycles. The first-order valence-electron chi connectivity index (χ1n) is 3.56. The van der Waals surface area contributed by atoms with Gasteiger partial charge in [0.1, 0.15) is 11.0 Å². The molecule has 0 unspecified atom stereocenters. The first kappa shape index (κ1) is 8.91. The first-order chi connectivity index (χ1) is 6.50. The van der Waals surface area contributed by atoms with Gasteiger partial charge in [-0.15, -0.1) is 5.10 Å². The maximum atomic E-state index is 11.0. The van der Waals surface area contributed by atoms with E-state index in [1.165, 1.54) is 12.3 Å². The van der Waals surface area contributed by atoms with E-state index in [0.29, 0.717) is 4.85 Å². The maximum absolute atomic E-state index is 11.0. The lowest BCUT2D eigenvalue weighted by molar-refractivity contribution is 0.157. The van der Waals surface area contributed by atoms with E-state index in [2.05, 4.69) is 10.1 Å². The van der Waals surface area contributed by atoms with Crippen LogP contribution in [0, 0.1) is 0 Å². The quantitative estimate of drug-likeness (QED) is 0.610. The lowest BCUT2D eigenvalue weighted by Gasteiger charge is -1.89. The van der Waals surface area contributed by atoms with E-state index in [1.807, 2.05) is 0 Å². The number of aromatic nitrogens is 3. The standard InChI is InChI=1S/C6H6N4O3S/c7-14(12,13)6-5-4(10(11)9-6)2-1-3-8-5/h1-3,11H,(H2,7,12,13). The molecule has 8 heteroatoms. The zero-order valence-corrected chi connectivity index (χ0v) is 7.64. The molecule has 14 heavy (non-hydrogen) atoms. The number of hydrogen-bond acceptors (Lipinski definition) is 5. The van der Waals surface area contributed by atoms with Crippen molar-refractivity contribution >= 4 is 21.1 Å². The number of fused-ring (bicyclic) bond motifs is 1. The molecule has 74 valence electrons. The summed E-state index contributed by atoms with van der Waals surface area (Å²) in [6, 6.07) is 3.02. The van der Waals surface area contributed by atoms with E-state index >= 15 is 0 Å². The average molecular weight is 214 g/mol. The van der Waals surface area contributed by atoms with E-state index in [9.17, 15) is 13.6 Å². The smallest absolute Gasteiger partial charge is 0.259 e. The Morgan fingerprint density at radius 2 is 2.21 bits per heavy atom. The summed E-state index contributed by atoms with van der Waals surface area (Å²) in [5, 5.41) is 17.0. The lowest BCUT2D eigenvalue weighted by Crippen LogP contribution is -2.13. The number of pyridine rings is 1. The largest absolute Gasteiger partial charge is 0.411 e. The third-order valence-corrected chi connectivity index (χ3v) is 2.47. The van der Waals surface area contributed by atoms with Crippen LogP contribution in [-0.4, -0.2) is 28.6 Å². The van der Waals surface area contributed by atoms with Gasteiger partial charge in [-0.1, -0.05) is 4.85 Å². The number of primary sulfonamides is 1. The van der Waals surface area contributed by atoms with E-state index in [0.717, 1.165) is 0 Å². The summed E-state index contributed by atoms with van der Waals surface area (Å²) in [6.07, 6.45) is 1.39. The summed E-state index contributed by atoms with van der Waals surface area (Å²) in [5.41, 5.74) is 0.244. The van der Waals surface area contributed by atoms with Gasteiger partial charge in [-0.25, -0.2) is 13.6 Å². The number of nitrogens with two attached hydrogens (primary N) is 1. The van der Waals surface area contributed by atoms with Gasteiger partial charge in [-0.3, -0.25) is 4.98 Å². The Labute approximate surface area is 78.8 Å². The van der Waals surface area contributed by atoms with E-state index in [-0.39, 0.29) is 11.0 Å². The van der Waals surface area contributed by atoms with Crippen LogP contribution < -0.4 is 5.14 Å². The first-order valence-corrected chi connectivity index (χ1v) is 5.10. The lowest BCUT2D eigenvalue weighted by atomic mass is 10.4. The van der Waals surface area contributed by atoms with Gasteiger partial charge in [0, 0.05) is 6.20 Å². The van der Waals surface area contributed by atoms with Crippen molar-refractivity contribution in [2.24, 2.45) is 5.14 Å². The second-order valence-corrected chi connectivity index (χ2v) is 4.09. The molecule has 0 spiro atoms. The predicted octanol–water partition coefficient (Wildman–Crippen LogP) is -0.684. The van der Waals surface area contributed by atoms with Crippen LogP contribution in [0.3, 0.4) is 0 Å². The highest BCUT2D eigenvalue weighted by Crippen LogP contribution is 2.17. The number of nitrogens with zero attached hydrogens (tertiary/aromatic N) is 3. The van der Waals surface area contributed by atoms with E-state index in [1.54, 1.807) is 6.07 Å². The summed E-state index contributed by atoms with van der Waals surface area (Å²) < 4.78 is 22.0. The Bertz CT molecular complexity index is 588. The molecule has 0 saturated heterocycles. The van der Waals surface area contributed by atoms with Crippen molar-refractivity contribution in [3.8, 4) is 0 Å². The molecule has 3 N–H and O–H groups in total. The van der Waals surface area contributed by atoms with Gasteiger partial charge in [0.2, 0.25) is 5.03 Å². The van der Waals surface area contributed by atoms with Crippen molar-refractivity contribution in [3.05, 3.63) is 18.3 Å². The van der Waals surface area contributed by atoms with Crippen molar-refractivity contribution < 1.29 is 13.6 Å². The van der Waals surface area contributed by atoms with Crippen LogP contribution in [0.25, 0.3) is 11.0 Å². The molecule has 0 atom stereocenters. The average Bonchev–Trinajstić information content (AvgIpc) is 2.44. The number of rotatable bonds is 1. The van der Waals surface area contributed by atoms with Crippen LogP contribution in [-0.2, 0) is 10.0 Å². The van der Waals surface area contributed by atoms with Crippen LogP contribution in [0.5, 0.6) is 0 Å². The molecular formula is C6H6N4O3S. The maximum Gasteiger partial charge on any atom is 0.259 e. The molecule has 0 radical (unpaired) electrons. The molecule has 0 aliphatic rings. The number of hydrogen-bond donors (Lipinski definition) is 2. The zero-order valence-electron chi connectivity index (χ0n) is 6.82. The predicted molar refractivity (Wildman–Crippen MR) is 46.1 cm³/mol. The molecule has 0 fully saturated rings. The summed E-state index contributed by atoms with van der Waals surface area (Å²) >= 11 is 0. The second kappa shape index (κ2) is 2.66. The third kappa shape index (κ3) is 1.20. The van der Waals surface area contributed by atoms with E-state index in [4.69, 9.17) is 5.14 Å². The highest BCUT2D eigenvalue weighted by molar-refractivity contribution is 7.89. The van der Waals surface area contributed by atoms with Crippen LogP contribution in [0.2, 0.25) is 0 Å². The van der Waals surface area contributed by atoms with Crippen molar-refractivity contribution in [1.82, 2.24) is 14.9 Å². The highest BCUT2D eigenvalue weighted by atomic mass is 32.2. The minimum Gasteiger partial charge on any atom is -0.411 e. The minimum absolute atomic E-state index is 0.0532. The minimum atomic E-state index is -3.96. The Morgan fingerprint density at radius 3 is 2.86 bits per heavy atom. The van der Waals surface area contributed by atoms with Gasteiger partial charge in [0.25, 0.3) is 10.0 Å². The molecule has 0 aromatic carbocycles. The normalized spacial score (nSPS) is 12.1. The van der Waals surface area contributed by atoms with E-state index < -0.39 is 15.0 Å². The van der Waals surface area contributed by atoms with Gasteiger partial charge in [-0.2, -0.15) is 0 Å². The molecule has 0 bridgehead atoms. The van der Waals surface area contributed by atoms with Gasteiger partial charge < -0.3 is 5.21 Å². The van der Waals surface area contributed by atoms with Crippen molar-refractivity contribution in [2.75, 3.05) is 0 Å². The SMILES string of the molecule is NS(=O)(=O)c1nn(O)c2cccnc12. The summed E-state index contributed by atoms with van der Waals surface area (Å²) in [5.74, 6) is 0. The molecule has 7 nitrogen and oxygen atoms in total. The molecular weight excluding hydrogens is 208 g/mol. The fraction of sp³-hybridized carbons (Fsp3) is 0. The molecule has 0 saturated carbocycles. The molecule has 0 amide bonds. The zero-order chi connectivity index (χ0) is 10.3. The van der Waals surface area contributed by atoms with Crippen LogP contribution >= 0.6 is 0 Å². The monoisotopic (exact) mass is 214 g/mol. The van der Waals surface area contributed by atoms with Crippen molar-refractivity contribution in [3.63, 3.8) is 0 Å². The summed E-state index contributed by atoms with van der Waals surface area (Å²) in [7, 11) is -3.96. The second-order valence-electron chi connectivity index (χ2n) is 2.61. The molecule has 2 aromatic heterocycles. The Kier molecular flexibility index (Phi) is 1.69. The Hall–Kier alpha value is -1.67. The van der Waals surface area contributed by atoms with Crippen LogP contribution in [0.15, 0.2) is 23.4 Å². The molecule has 2 aromatic rings. The third-order valence-electron chi connectivity index (χ3n) is 1.66. The number of sulfonamides is 1. The summed E-state index contributed by atoms with van der Waals surface area (Å²) in [6.45, 7) is 0. The van der Waals surface area contributed by atoms with Crippen molar-refractivity contribution in [1.29, 1.82) is 0 Å². The van der Waals surface area contributed by atoms with Crippen molar-refractivity contribution in [2.45, 2.75) is 5.03 Å². The molecule has 0 aliphatic heterocycles. The Morgan fingerprint density at radius 1 is 1.50 bits per heavy atom. The van der Waals surface area contributed by atoms with Crippen LogP contribution in [0.4, 0.5) is 0 Å². The molecule has 2 rings (SSSR count). The molecule has 2 heterocycles. The van der Waals surface area contributed by atoms with Gasteiger partial charge in [0.05, 0.1) is 0 Å². The van der Waals surface area contributed by atoms with Gasteiger partial charge >= 0.3 is 0 Å². The fourth-order valence-electron chi connectivity index (χ4n) is 1.10. The Balaban J connectivity index is 2.93. The van der Waals surface area contributed by atoms with Gasteiger partial charge in [0.15, 0.2) is 0 Å². The van der Waals surface area contributed by atoms with Gasteiger partial charge in [-0.05, 0) is 12.1 Å². The highest BCUT2D eigenvalue weighted by Gasteiger charge is 2.20. The topological polar surface area (TPSA) is 111 Å². The summed E-state index contributed by atoms with van der Waals surface area (Å²) in [4.78, 5) is 4.20. The van der Waals surface area contributed by atoms with Crippen LogP contribution in [0.1, 0.15) is 0 Å².